The monoisotopic (exact) mass is 746 g/mol. The Bertz CT molecular complexity index is 2810. The summed E-state index contributed by atoms with van der Waals surface area (Å²) in [6.07, 6.45) is 22.0. The summed E-state index contributed by atoms with van der Waals surface area (Å²) < 4.78 is 0. The summed E-state index contributed by atoms with van der Waals surface area (Å²) in [5.41, 5.74) is 18.0. The van der Waals surface area contributed by atoms with E-state index in [-0.39, 0.29) is 11.8 Å². The van der Waals surface area contributed by atoms with Crippen molar-refractivity contribution in [3.8, 4) is 33.4 Å². The van der Waals surface area contributed by atoms with Gasteiger partial charge < -0.3 is 0 Å². The van der Waals surface area contributed by atoms with Crippen LogP contribution in [0.4, 0.5) is 5.69 Å². The van der Waals surface area contributed by atoms with Crippen LogP contribution >= 0.6 is 0 Å². The van der Waals surface area contributed by atoms with Crippen LogP contribution in [0.3, 0.4) is 0 Å². The van der Waals surface area contributed by atoms with Crippen molar-refractivity contribution < 1.29 is 0 Å². The van der Waals surface area contributed by atoms with Gasteiger partial charge in [-0.1, -0.05) is 178 Å². The Kier molecular flexibility index (Phi) is 10.3. The average Bonchev–Trinajstić information content (AvgIpc) is 3.62. The molecule has 0 fully saturated rings. The van der Waals surface area contributed by atoms with E-state index in [0.29, 0.717) is 0 Å². The molecule has 0 amide bonds. The highest BCUT2D eigenvalue weighted by molar-refractivity contribution is 6.10. The van der Waals surface area contributed by atoms with Crippen LogP contribution in [0.2, 0.25) is 0 Å². The van der Waals surface area contributed by atoms with E-state index in [2.05, 4.69) is 195 Å². The van der Waals surface area contributed by atoms with E-state index in [0.717, 1.165) is 29.0 Å². The molecule has 0 spiro atoms. The van der Waals surface area contributed by atoms with Crippen LogP contribution in [0, 0.1) is 5.92 Å². The third kappa shape index (κ3) is 7.62. The van der Waals surface area contributed by atoms with Crippen LogP contribution in [0.15, 0.2) is 205 Å². The highest BCUT2D eigenvalue weighted by Crippen LogP contribution is 2.43. The van der Waals surface area contributed by atoms with Gasteiger partial charge in [0.05, 0.1) is 11.4 Å². The predicted octanol–water partition coefficient (Wildman–Crippen LogP) is 14.8. The van der Waals surface area contributed by atoms with Gasteiger partial charge in [-0.2, -0.15) is 0 Å². The first-order chi connectivity index (χ1) is 28.5. The SMILES string of the molecule is C/C=C\C=C/c1cccc(-c2ccc(-c3cc(C(C)c4ccc(-c5ccc6ccccc6c5)cc4)cc4c3N=C(C3=CC=C(c5cccnc5)C(C)C=C3)C4)cc2)c1. The van der Waals surface area contributed by atoms with Crippen molar-refractivity contribution in [1.29, 1.82) is 0 Å². The van der Waals surface area contributed by atoms with Gasteiger partial charge in [-0.25, -0.2) is 0 Å². The van der Waals surface area contributed by atoms with Gasteiger partial charge in [-0.05, 0) is 115 Å². The highest BCUT2D eigenvalue weighted by atomic mass is 14.8. The summed E-state index contributed by atoms with van der Waals surface area (Å²) in [5, 5.41) is 2.53. The van der Waals surface area contributed by atoms with E-state index in [4.69, 9.17) is 4.99 Å². The van der Waals surface area contributed by atoms with Gasteiger partial charge >= 0.3 is 0 Å². The van der Waals surface area contributed by atoms with Gasteiger partial charge in [-0.15, -0.1) is 0 Å². The van der Waals surface area contributed by atoms with Gasteiger partial charge in [-0.3, -0.25) is 9.98 Å². The standard InChI is InChI=1S/C56H46N2/c1-4-5-6-11-40-12-9-15-47(32-40)43-23-26-45(27-24-43)54-35-51(39(3)41-19-21-44(22-20-41)49-28-25-42-13-7-8-14-48(42)33-49)34-52-36-55(58-56(52)54)46-18-17-38(2)53(30-29-46)50-16-10-31-57-37-50/h4-35,37-39H,36H2,1-3H3/b5-4-,11-6-. The van der Waals surface area contributed by atoms with E-state index >= 15 is 0 Å². The quantitative estimate of drug-likeness (QED) is 0.135. The molecule has 1 aliphatic carbocycles. The van der Waals surface area contributed by atoms with E-state index in [1.54, 1.807) is 0 Å². The first kappa shape index (κ1) is 36.7. The normalized spacial score (nSPS) is 15.6. The molecule has 2 heteroatoms. The van der Waals surface area contributed by atoms with Crippen LogP contribution in [0.25, 0.3) is 55.8 Å². The third-order valence-electron chi connectivity index (χ3n) is 11.6. The van der Waals surface area contributed by atoms with Crippen molar-refractivity contribution in [2.45, 2.75) is 33.1 Å². The molecule has 0 bridgehead atoms. The van der Waals surface area contributed by atoms with Crippen molar-refractivity contribution in [2.75, 3.05) is 0 Å². The third-order valence-corrected chi connectivity index (χ3v) is 11.6. The minimum Gasteiger partial charge on any atom is -0.264 e. The molecule has 1 aliphatic heterocycles. The lowest BCUT2D eigenvalue weighted by Gasteiger charge is -2.18. The van der Waals surface area contributed by atoms with Gasteiger partial charge in [0, 0.05) is 30.3 Å². The lowest BCUT2D eigenvalue weighted by Crippen LogP contribution is -2.02. The molecule has 0 saturated carbocycles. The molecule has 2 atom stereocenters. The number of hydrogen-bond acceptors (Lipinski definition) is 2. The second-order valence-electron chi connectivity index (χ2n) is 15.4. The molecule has 7 aromatic rings. The van der Waals surface area contributed by atoms with Crippen LogP contribution in [0.1, 0.15) is 54.5 Å². The number of nitrogens with zero attached hydrogens (tertiary/aromatic N) is 2. The fraction of sp³-hybridized carbons (Fsp3) is 0.107. The van der Waals surface area contributed by atoms with E-state index in [1.165, 1.54) is 72.0 Å². The fourth-order valence-electron chi connectivity index (χ4n) is 8.27. The van der Waals surface area contributed by atoms with Crippen LogP contribution in [0.5, 0.6) is 0 Å². The van der Waals surface area contributed by atoms with Crippen LogP contribution in [-0.4, -0.2) is 10.7 Å². The number of hydrogen-bond donors (Lipinski definition) is 0. The first-order valence-corrected chi connectivity index (χ1v) is 20.4. The molecule has 0 N–H and O–H groups in total. The zero-order chi connectivity index (χ0) is 39.4. The number of aliphatic imine (C=N–C) groups is 1. The van der Waals surface area contributed by atoms with Crippen LogP contribution < -0.4 is 0 Å². The molecular formula is C56H46N2. The predicted molar refractivity (Wildman–Crippen MR) is 247 cm³/mol. The molecule has 6 aromatic carbocycles. The molecule has 58 heavy (non-hydrogen) atoms. The number of rotatable bonds is 9. The van der Waals surface area contributed by atoms with Gasteiger partial charge in [0.1, 0.15) is 0 Å². The summed E-state index contributed by atoms with van der Waals surface area (Å²) >= 11 is 0. The topological polar surface area (TPSA) is 25.2 Å². The number of aromatic nitrogens is 1. The Labute approximate surface area is 342 Å². The van der Waals surface area contributed by atoms with Gasteiger partial charge in [0.2, 0.25) is 0 Å². The minimum atomic E-state index is 0.194. The number of fused-ring (bicyclic) bond motifs is 2. The lowest BCUT2D eigenvalue weighted by molar-refractivity contribution is 0.920. The summed E-state index contributed by atoms with van der Waals surface area (Å²) in [4.78, 5) is 9.81. The number of allylic oxidation sites excluding steroid dienone is 9. The Hall–Kier alpha value is -6.90. The minimum absolute atomic E-state index is 0.194. The summed E-state index contributed by atoms with van der Waals surface area (Å²) in [6.45, 7) is 6.61. The molecule has 1 aromatic heterocycles. The van der Waals surface area contributed by atoms with Crippen molar-refractivity contribution >= 4 is 33.8 Å². The molecular weight excluding hydrogens is 701 g/mol. The number of benzene rings is 6. The lowest BCUT2D eigenvalue weighted by atomic mass is 9.87. The molecule has 280 valence electrons. The Morgan fingerprint density at radius 2 is 1.38 bits per heavy atom. The summed E-state index contributed by atoms with van der Waals surface area (Å²) in [5.74, 6) is 0.459. The second-order valence-corrected chi connectivity index (χ2v) is 15.4. The molecule has 2 nitrogen and oxygen atoms in total. The zero-order valence-corrected chi connectivity index (χ0v) is 33.3. The van der Waals surface area contributed by atoms with Crippen molar-refractivity contribution in [2.24, 2.45) is 10.9 Å². The molecule has 2 heterocycles. The Balaban J connectivity index is 1.07. The Morgan fingerprint density at radius 1 is 0.638 bits per heavy atom. The molecule has 0 radical (unpaired) electrons. The average molecular weight is 747 g/mol. The van der Waals surface area contributed by atoms with E-state index in [1.807, 2.05) is 31.5 Å². The van der Waals surface area contributed by atoms with Crippen molar-refractivity contribution in [1.82, 2.24) is 4.98 Å². The second kappa shape index (κ2) is 16.3. The van der Waals surface area contributed by atoms with Crippen LogP contribution in [-0.2, 0) is 6.42 Å². The highest BCUT2D eigenvalue weighted by Gasteiger charge is 2.24. The van der Waals surface area contributed by atoms with Gasteiger partial charge in [0.25, 0.3) is 0 Å². The smallest absolute Gasteiger partial charge is 0.0747 e. The summed E-state index contributed by atoms with van der Waals surface area (Å²) in [6, 6.07) is 51.1. The van der Waals surface area contributed by atoms with Crippen molar-refractivity contribution in [3.63, 3.8) is 0 Å². The van der Waals surface area contributed by atoms with E-state index in [9.17, 15) is 0 Å². The maximum atomic E-state index is 5.43. The van der Waals surface area contributed by atoms with E-state index < -0.39 is 0 Å². The largest absolute Gasteiger partial charge is 0.264 e. The summed E-state index contributed by atoms with van der Waals surface area (Å²) in [7, 11) is 0. The number of pyridine rings is 1. The van der Waals surface area contributed by atoms with Gasteiger partial charge in [0.15, 0.2) is 0 Å². The molecule has 2 unspecified atom stereocenters. The van der Waals surface area contributed by atoms with Crippen molar-refractivity contribution in [3.05, 3.63) is 228 Å². The Morgan fingerprint density at radius 3 is 2.17 bits per heavy atom. The molecule has 2 aliphatic rings. The maximum Gasteiger partial charge on any atom is 0.0747 e. The molecule has 0 saturated heterocycles. The fourth-order valence-corrected chi connectivity index (χ4v) is 8.27. The molecule has 9 rings (SSSR count). The first-order valence-electron chi connectivity index (χ1n) is 20.4. The zero-order valence-electron chi connectivity index (χ0n) is 33.3. The maximum absolute atomic E-state index is 5.43.